The molecule has 0 aliphatic heterocycles. The van der Waals surface area contributed by atoms with Gasteiger partial charge in [-0.25, -0.2) is 0 Å². The first-order valence-corrected chi connectivity index (χ1v) is 5.62. The third-order valence-electron chi connectivity index (χ3n) is 2.44. The van der Waals surface area contributed by atoms with Gasteiger partial charge in [0.1, 0.15) is 5.75 Å². The first-order chi connectivity index (χ1) is 9.02. The number of hydrogen-bond donors (Lipinski definition) is 2. The molecular weight excluding hydrogens is 244 g/mol. The maximum Gasteiger partial charge on any atom is 0.241 e. The Balaban J connectivity index is 2.99. The number of benzene rings is 1. The SMILES string of the molecule is COc1ccc(C(C=CC(N)=O)C=CC(N)=O)cc1. The Labute approximate surface area is 111 Å². The molecule has 100 valence electrons. The number of methoxy groups -OCH3 is 1. The molecule has 0 spiro atoms. The van der Waals surface area contributed by atoms with Crippen LogP contribution in [-0.4, -0.2) is 18.9 Å². The average Bonchev–Trinajstić information content (AvgIpc) is 2.38. The molecule has 1 aromatic carbocycles. The molecule has 1 aromatic rings. The van der Waals surface area contributed by atoms with Gasteiger partial charge in [0.15, 0.2) is 0 Å². The lowest BCUT2D eigenvalue weighted by Gasteiger charge is -2.09. The van der Waals surface area contributed by atoms with Crippen molar-refractivity contribution in [3.8, 4) is 5.75 Å². The third kappa shape index (κ3) is 5.08. The van der Waals surface area contributed by atoms with E-state index in [0.29, 0.717) is 0 Å². The van der Waals surface area contributed by atoms with Gasteiger partial charge >= 0.3 is 0 Å². The number of allylic oxidation sites excluding steroid dienone is 2. The van der Waals surface area contributed by atoms with Crippen molar-refractivity contribution >= 4 is 11.8 Å². The summed E-state index contributed by atoms with van der Waals surface area (Å²) in [5, 5.41) is 0. The molecule has 0 unspecified atom stereocenters. The van der Waals surface area contributed by atoms with Gasteiger partial charge in [0.05, 0.1) is 7.11 Å². The summed E-state index contributed by atoms with van der Waals surface area (Å²) in [6.45, 7) is 0. The number of amides is 2. The smallest absolute Gasteiger partial charge is 0.241 e. The summed E-state index contributed by atoms with van der Waals surface area (Å²) in [6, 6.07) is 7.25. The van der Waals surface area contributed by atoms with E-state index >= 15 is 0 Å². The zero-order valence-corrected chi connectivity index (χ0v) is 10.6. The minimum Gasteiger partial charge on any atom is -0.497 e. The number of nitrogens with two attached hydrogens (primary N) is 2. The van der Waals surface area contributed by atoms with Crippen LogP contribution in [0.5, 0.6) is 5.75 Å². The summed E-state index contributed by atoms with van der Waals surface area (Å²) >= 11 is 0. The van der Waals surface area contributed by atoms with E-state index in [1.54, 1.807) is 31.4 Å². The molecule has 5 nitrogen and oxygen atoms in total. The van der Waals surface area contributed by atoms with Crippen molar-refractivity contribution in [2.45, 2.75) is 5.92 Å². The quantitative estimate of drug-likeness (QED) is 0.742. The third-order valence-corrected chi connectivity index (χ3v) is 2.44. The highest BCUT2D eigenvalue weighted by Gasteiger charge is 2.05. The van der Waals surface area contributed by atoms with Gasteiger partial charge in [0.2, 0.25) is 11.8 Å². The first kappa shape index (κ1) is 14.5. The van der Waals surface area contributed by atoms with E-state index in [1.165, 1.54) is 12.2 Å². The molecule has 0 aliphatic carbocycles. The van der Waals surface area contributed by atoms with Gasteiger partial charge in [-0.2, -0.15) is 0 Å². The normalized spacial score (nSPS) is 12.7. The van der Waals surface area contributed by atoms with E-state index < -0.39 is 11.8 Å². The van der Waals surface area contributed by atoms with Gasteiger partial charge in [-0.05, 0) is 29.8 Å². The van der Waals surface area contributed by atoms with E-state index in [0.717, 1.165) is 11.3 Å². The zero-order chi connectivity index (χ0) is 14.3. The van der Waals surface area contributed by atoms with Crippen LogP contribution in [0.1, 0.15) is 11.5 Å². The monoisotopic (exact) mass is 260 g/mol. The fourth-order valence-corrected chi connectivity index (χ4v) is 1.51. The maximum atomic E-state index is 10.8. The molecule has 0 radical (unpaired) electrons. The van der Waals surface area contributed by atoms with Crippen LogP contribution >= 0.6 is 0 Å². The predicted octanol–water partition coefficient (Wildman–Crippen LogP) is 0.862. The molecule has 0 saturated carbocycles. The summed E-state index contributed by atoms with van der Waals surface area (Å²) < 4.78 is 5.06. The lowest BCUT2D eigenvalue weighted by molar-refractivity contribution is -0.114. The van der Waals surface area contributed by atoms with Crippen LogP contribution in [0.4, 0.5) is 0 Å². The number of carbonyl (C=O) groups is 2. The van der Waals surface area contributed by atoms with Crippen LogP contribution < -0.4 is 16.2 Å². The second-order valence-electron chi connectivity index (χ2n) is 3.82. The fraction of sp³-hybridized carbons (Fsp3) is 0.143. The first-order valence-electron chi connectivity index (χ1n) is 5.62. The van der Waals surface area contributed by atoms with Crippen molar-refractivity contribution in [3.63, 3.8) is 0 Å². The summed E-state index contributed by atoms with van der Waals surface area (Å²) in [6.07, 6.45) is 5.70. The van der Waals surface area contributed by atoms with Crippen molar-refractivity contribution in [3.05, 3.63) is 54.1 Å². The Hall–Kier alpha value is -2.56. The van der Waals surface area contributed by atoms with Crippen LogP contribution in [0.2, 0.25) is 0 Å². The molecular formula is C14H16N2O3. The Morgan fingerprint density at radius 1 is 1.05 bits per heavy atom. The average molecular weight is 260 g/mol. The molecule has 0 aromatic heterocycles. The van der Waals surface area contributed by atoms with Gasteiger partial charge in [0.25, 0.3) is 0 Å². The zero-order valence-electron chi connectivity index (χ0n) is 10.6. The van der Waals surface area contributed by atoms with Crippen LogP contribution in [0.3, 0.4) is 0 Å². The highest BCUT2D eigenvalue weighted by atomic mass is 16.5. The van der Waals surface area contributed by atoms with Gasteiger partial charge < -0.3 is 16.2 Å². The van der Waals surface area contributed by atoms with E-state index in [9.17, 15) is 9.59 Å². The van der Waals surface area contributed by atoms with Crippen LogP contribution in [0, 0.1) is 0 Å². The van der Waals surface area contributed by atoms with Gasteiger partial charge in [-0.1, -0.05) is 24.3 Å². The summed E-state index contributed by atoms with van der Waals surface area (Å²) in [4.78, 5) is 21.5. The van der Waals surface area contributed by atoms with Gasteiger partial charge in [-0.15, -0.1) is 0 Å². The molecule has 0 saturated heterocycles. The summed E-state index contributed by atoms with van der Waals surface area (Å²) in [5.41, 5.74) is 11.0. The molecule has 4 N–H and O–H groups in total. The fourth-order valence-electron chi connectivity index (χ4n) is 1.51. The molecule has 0 fully saturated rings. The molecule has 0 bridgehead atoms. The van der Waals surface area contributed by atoms with Crippen LogP contribution in [0.25, 0.3) is 0 Å². The molecule has 19 heavy (non-hydrogen) atoms. The summed E-state index contributed by atoms with van der Waals surface area (Å²) in [7, 11) is 1.58. The van der Waals surface area contributed by atoms with Crippen molar-refractivity contribution < 1.29 is 14.3 Å². The number of ether oxygens (including phenoxy) is 1. The van der Waals surface area contributed by atoms with E-state index in [-0.39, 0.29) is 5.92 Å². The lowest BCUT2D eigenvalue weighted by Crippen LogP contribution is -2.08. The Bertz CT molecular complexity index is 480. The van der Waals surface area contributed by atoms with E-state index in [1.807, 2.05) is 12.1 Å². The Morgan fingerprint density at radius 2 is 1.53 bits per heavy atom. The minimum absolute atomic E-state index is 0.258. The topological polar surface area (TPSA) is 95.4 Å². The molecule has 0 aliphatic rings. The predicted molar refractivity (Wildman–Crippen MR) is 72.4 cm³/mol. The van der Waals surface area contributed by atoms with Crippen LogP contribution in [-0.2, 0) is 9.59 Å². The van der Waals surface area contributed by atoms with Crippen LogP contribution in [0.15, 0.2) is 48.6 Å². The number of carbonyl (C=O) groups excluding carboxylic acids is 2. The highest BCUT2D eigenvalue weighted by molar-refractivity contribution is 5.87. The summed E-state index contributed by atoms with van der Waals surface area (Å²) in [5.74, 6) is -0.636. The maximum absolute atomic E-state index is 10.8. The molecule has 0 atom stereocenters. The minimum atomic E-state index is -0.550. The molecule has 2 amide bonds. The largest absolute Gasteiger partial charge is 0.497 e. The van der Waals surface area contributed by atoms with Gasteiger partial charge in [0, 0.05) is 5.92 Å². The molecule has 0 heterocycles. The number of hydrogen-bond acceptors (Lipinski definition) is 3. The molecule has 1 rings (SSSR count). The molecule has 5 heteroatoms. The standard InChI is InChI=1S/C14H16N2O3/c1-19-12-6-2-10(3-7-12)11(4-8-13(15)17)5-9-14(16)18/h2-9,11H,1H3,(H2,15,17)(H2,16,18). The lowest BCUT2D eigenvalue weighted by atomic mass is 9.97. The second kappa shape index (κ2) is 7.00. The number of primary amides is 2. The van der Waals surface area contributed by atoms with Gasteiger partial charge in [-0.3, -0.25) is 9.59 Å². The van der Waals surface area contributed by atoms with Crippen molar-refractivity contribution in [1.82, 2.24) is 0 Å². The Kier molecular flexibility index (Phi) is 5.35. The highest BCUT2D eigenvalue weighted by Crippen LogP contribution is 2.21. The van der Waals surface area contributed by atoms with Crippen molar-refractivity contribution in [2.24, 2.45) is 11.5 Å². The van der Waals surface area contributed by atoms with E-state index in [4.69, 9.17) is 16.2 Å². The van der Waals surface area contributed by atoms with Crippen molar-refractivity contribution in [1.29, 1.82) is 0 Å². The van der Waals surface area contributed by atoms with E-state index in [2.05, 4.69) is 0 Å². The second-order valence-corrected chi connectivity index (χ2v) is 3.82. The number of rotatable bonds is 6. The Morgan fingerprint density at radius 3 is 1.89 bits per heavy atom. The van der Waals surface area contributed by atoms with Crippen molar-refractivity contribution in [2.75, 3.05) is 7.11 Å².